The van der Waals surface area contributed by atoms with E-state index in [1.165, 1.54) is 0 Å². The van der Waals surface area contributed by atoms with E-state index in [1.807, 2.05) is 37.2 Å². The lowest BCUT2D eigenvalue weighted by atomic mass is 9.60. The molecule has 0 amide bonds. The molecule has 0 radical (unpaired) electrons. The van der Waals surface area contributed by atoms with E-state index in [0.29, 0.717) is 11.1 Å². The molecule has 7 rings (SSSR count). The first kappa shape index (κ1) is 24.4. The molecule has 1 heterocycles. The summed E-state index contributed by atoms with van der Waals surface area (Å²) in [6.07, 6.45) is -1.16. The van der Waals surface area contributed by atoms with Crippen LogP contribution in [0.3, 0.4) is 0 Å². The smallest absolute Gasteiger partial charge is 0.204 e. The number of Topliss-reactive ketones (excluding diaryl/α,β-unsaturated/α-hetero) is 4. The summed E-state index contributed by atoms with van der Waals surface area (Å²) >= 11 is 0. The highest BCUT2D eigenvalue weighted by Crippen LogP contribution is 2.67. The monoisotopic (exact) mass is 527 g/mol. The maximum absolute atomic E-state index is 14.7. The molecule has 4 aromatic rings. The van der Waals surface area contributed by atoms with Gasteiger partial charge in [-0.3, -0.25) is 19.2 Å². The number of hydrogen-bond acceptors (Lipinski definition) is 6. The van der Waals surface area contributed by atoms with Crippen LogP contribution in [0, 0.1) is 5.41 Å². The standard InChI is InChI=1S/C34H25NO5/c1-35(2)22-18-16-20(17-19-22)27-33(28(36)23-12-6-7-13-24(23)29(33)37)32(21-10-4-3-5-11-21)40-34(27)30(38)25-14-8-9-15-26(25)31(34)39/h3-19,27,32H,1-2H3/t27-,32+/m0/s1. The third kappa shape index (κ3) is 2.86. The van der Waals surface area contributed by atoms with Crippen molar-refractivity contribution in [1.82, 2.24) is 0 Å². The van der Waals surface area contributed by atoms with Gasteiger partial charge < -0.3 is 9.64 Å². The van der Waals surface area contributed by atoms with Crippen LogP contribution in [0.2, 0.25) is 0 Å². The quantitative estimate of drug-likeness (QED) is 0.328. The summed E-state index contributed by atoms with van der Waals surface area (Å²) < 4.78 is 6.71. The zero-order chi connectivity index (χ0) is 27.8. The van der Waals surface area contributed by atoms with E-state index in [1.54, 1.807) is 84.9 Å². The summed E-state index contributed by atoms with van der Waals surface area (Å²) in [5.41, 5.74) is -0.949. The van der Waals surface area contributed by atoms with Crippen molar-refractivity contribution in [1.29, 1.82) is 0 Å². The molecule has 0 saturated carbocycles. The molecule has 0 aromatic heterocycles. The van der Waals surface area contributed by atoms with E-state index in [0.717, 1.165) is 5.69 Å². The third-order valence-electron chi connectivity index (χ3n) is 8.68. The summed E-state index contributed by atoms with van der Waals surface area (Å²) in [5.74, 6) is -3.11. The molecule has 2 aliphatic carbocycles. The highest BCUT2D eigenvalue weighted by molar-refractivity contribution is 6.37. The first-order valence-electron chi connectivity index (χ1n) is 13.2. The van der Waals surface area contributed by atoms with Gasteiger partial charge in [0.1, 0.15) is 11.5 Å². The molecule has 0 unspecified atom stereocenters. The molecule has 0 bridgehead atoms. The number of rotatable bonds is 3. The van der Waals surface area contributed by atoms with Gasteiger partial charge in [-0.15, -0.1) is 0 Å². The van der Waals surface area contributed by atoms with Crippen LogP contribution in [0.25, 0.3) is 0 Å². The largest absolute Gasteiger partial charge is 0.378 e. The fourth-order valence-electron chi connectivity index (χ4n) is 6.92. The Morgan fingerprint density at radius 3 is 1.48 bits per heavy atom. The average Bonchev–Trinajstić information content (AvgIpc) is 3.52. The molecule has 6 heteroatoms. The van der Waals surface area contributed by atoms with Crippen molar-refractivity contribution in [2.45, 2.75) is 17.6 Å². The lowest BCUT2D eigenvalue weighted by molar-refractivity contribution is -0.0210. The molecular weight excluding hydrogens is 502 g/mol. The number of carbonyl (C=O) groups excluding carboxylic acids is 4. The van der Waals surface area contributed by atoms with Crippen LogP contribution in [0.15, 0.2) is 103 Å². The number of nitrogens with zero attached hydrogens (tertiary/aromatic N) is 1. The summed E-state index contributed by atoms with van der Waals surface area (Å²) in [7, 11) is 3.81. The van der Waals surface area contributed by atoms with Gasteiger partial charge in [0, 0.05) is 42.0 Å². The SMILES string of the molecule is CN(C)c1ccc([C@@H]2C3(O[C@H](c4ccccc4)C24C(=O)c2ccccc2C4=O)C(=O)c2ccccc2C3=O)cc1. The van der Waals surface area contributed by atoms with Crippen LogP contribution in [0.4, 0.5) is 5.69 Å². The van der Waals surface area contributed by atoms with Crippen molar-refractivity contribution < 1.29 is 23.9 Å². The summed E-state index contributed by atoms with van der Waals surface area (Å²) in [6, 6.07) is 29.6. The van der Waals surface area contributed by atoms with Crippen LogP contribution in [0.1, 0.15) is 64.6 Å². The molecule has 1 saturated heterocycles. The van der Waals surface area contributed by atoms with Gasteiger partial charge in [-0.25, -0.2) is 0 Å². The minimum atomic E-state index is -2.09. The van der Waals surface area contributed by atoms with Gasteiger partial charge in [0.25, 0.3) is 0 Å². The van der Waals surface area contributed by atoms with E-state index >= 15 is 0 Å². The minimum Gasteiger partial charge on any atom is -0.378 e. The molecule has 3 aliphatic rings. The molecule has 196 valence electrons. The predicted octanol–water partition coefficient (Wildman–Crippen LogP) is 5.49. The Kier molecular flexibility index (Phi) is 5.12. The molecule has 2 atom stereocenters. The minimum absolute atomic E-state index is 0.238. The zero-order valence-corrected chi connectivity index (χ0v) is 22.0. The average molecular weight is 528 g/mol. The molecule has 1 aliphatic heterocycles. The van der Waals surface area contributed by atoms with Crippen LogP contribution in [0.5, 0.6) is 0 Å². The Hall–Kier alpha value is -4.68. The van der Waals surface area contributed by atoms with Crippen molar-refractivity contribution in [2.75, 3.05) is 19.0 Å². The van der Waals surface area contributed by atoms with Gasteiger partial charge >= 0.3 is 0 Å². The lowest BCUT2D eigenvalue weighted by Crippen LogP contribution is -2.51. The zero-order valence-electron chi connectivity index (χ0n) is 22.0. The van der Waals surface area contributed by atoms with Crippen LogP contribution < -0.4 is 4.90 Å². The summed E-state index contributed by atoms with van der Waals surface area (Å²) in [4.78, 5) is 60.1. The van der Waals surface area contributed by atoms with Gasteiger partial charge in [-0.05, 0) is 23.3 Å². The Balaban J connectivity index is 1.57. The van der Waals surface area contributed by atoms with E-state index < -0.39 is 46.2 Å². The van der Waals surface area contributed by atoms with Gasteiger partial charge in [0.05, 0.1) is 5.92 Å². The first-order valence-corrected chi connectivity index (χ1v) is 13.2. The topological polar surface area (TPSA) is 80.8 Å². The maximum Gasteiger partial charge on any atom is 0.204 e. The molecule has 0 N–H and O–H groups in total. The van der Waals surface area contributed by atoms with Crippen molar-refractivity contribution in [2.24, 2.45) is 5.41 Å². The molecule has 1 fully saturated rings. The molecular formula is C34H25NO5. The highest BCUT2D eigenvalue weighted by Gasteiger charge is 2.79. The molecule has 40 heavy (non-hydrogen) atoms. The second-order valence-corrected chi connectivity index (χ2v) is 10.8. The Bertz CT molecular complexity index is 1670. The highest BCUT2D eigenvalue weighted by atomic mass is 16.5. The second kappa shape index (κ2) is 8.41. The van der Waals surface area contributed by atoms with Crippen LogP contribution in [-0.4, -0.2) is 42.8 Å². The Labute approximate surface area is 231 Å². The van der Waals surface area contributed by atoms with Gasteiger partial charge in [-0.2, -0.15) is 0 Å². The van der Waals surface area contributed by atoms with Crippen molar-refractivity contribution in [3.05, 3.63) is 137 Å². The van der Waals surface area contributed by atoms with Crippen LogP contribution in [-0.2, 0) is 4.74 Å². The molecule has 4 aromatic carbocycles. The number of hydrogen-bond donors (Lipinski definition) is 0. The van der Waals surface area contributed by atoms with Gasteiger partial charge in [0.2, 0.25) is 17.2 Å². The third-order valence-corrected chi connectivity index (χ3v) is 8.68. The normalized spacial score (nSPS) is 21.8. The van der Waals surface area contributed by atoms with Crippen molar-refractivity contribution in [3.63, 3.8) is 0 Å². The van der Waals surface area contributed by atoms with Crippen LogP contribution >= 0.6 is 0 Å². The summed E-state index contributed by atoms with van der Waals surface area (Å²) in [5, 5.41) is 0. The number of carbonyl (C=O) groups is 4. The van der Waals surface area contributed by atoms with Gasteiger partial charge in [0.15, 0.2) is 11.6 Å². The van der Waals surface area contributed by atoms with E-state index in [2.05, 4.69) is 0 Å². The fourth-order valence-corrected chi connectivity index (χ4v) is 6.92. The lowest BCUT2D eigenvalue weighted by Gasteiger charge is -2.35. The Morgan fingerprint density at radius 1 is 0.550 bits per heavy atom. The van der Waals surface area contributed by atoms with E-state index in [4.69, 9.17) is 4.74 Å². The number of ketones is 4. The number of fused-ring (bicyclic) bond motifs is 2. The fraction of sp³-hybridized carbons (Fsp3) is 0.176. The summed E-state index contributed by atoms with van der Waals surface area (Å²) in [6.45, 7) is 0. The van der Waals surface area contributed by atoms with Gasteiger partial charge in [-0.1, -0.05) is 91.0 Å². The predicted molar refractivity (Wildman–Crippen MR) is 149 cm³/mol. The van der Waals surface area contributed by atoms with E-state index in [9.17, 15) is 19.2 Å². The number of benzene rings is 4. The molecule has 6 nitrogen and oxygen atoms in total. The Morgan fingerprint density at radius 2 is 1.00 bits per heavy atom. The van der Waals surface area contributed by atoms with Crippen molar-refractivity contribution >= 4 is 28.8 Å². The first-order chi connectivity index (χ1) is 19.3. The van der Waals surface area contributed by atoms with Crippen molar-refractivity contribution in [3.8, 4) is 0 Å². The second-order valence-electron chi connectivity index (χ2n) is 10.8. The number of ether oxygens (including phenoxy) is 1. The number of anilines is 1. The maximum atomic E-state index is 14.7. The van der Waals surface area contributed by atoms with E-state index in [-0.39, 0.29) is 22.3 Å². The molecule has 2 spiro atoms.